The van der Waals surface area contributed by atoms with Gasteiger partial charge in [0.15, 0.2) is 0 Å². The topological polar surface area (TPSA) is 24.5 Å². The minimum atomic E-state index is -0.126. The van der Waals surface area contributed by atoms with Gasteiger partial charge in [-0.25, -0.2) is 4.39 Å². The van der Waals surface area contributed by atoms with Crippen molar-refractivity contribution in [2.24, 2.45) is 0 Å². The van der Waals surface area contributed by atoms with Gasteiger partial charge in [0.1, 0.15) is 5.82 Å². The maximum atomic E-state index is 14.0. The van der Waals surface area contributed by atoms with Crippen LogP contribution in [0.3, 0.4) is 0 Å². The summed E-state index contributed by atoms with van der Waals surface area (Å²) in [5, 5.41) is 3.45. The highest BCUT2D eigenvalue weighted by molar-refractivity contribution is 5.21. The summed E-state index contributed by atoms with van der Waals surface area (Å²) in [6, 6.07) is 7.47. The number of hydrogen-bond acceptors (Lipinski definition) is 3. The van der Waals surface area contributed by atoms with Gasteiger partial charge in [-0.3, -0.25) is 0 Å². The summed E-state index contributed by atoms with van der Waals surface area (Å²) in [4.78, 5) is 2.25. The van der Waals surface area contributed by atoms with Crippen molar-refractivity contribution < 1.29 is 9.13 Å². The Kier molecular flexibility index (Phi) is 8.50. The maximum absolute atomic E-state index is 14.0. The molecule has 0 aliphatic carbocycles. The molecular formula is C17H29FN2O. The van der Waals surface area contributed by atoms with Crippen molar-refractivity contribution in [1.82, 2.24) is 10.2 Å². The first kappa shape index (κ1) is 18.1. The lowest BCUT2D eigenvalue weighted by atomic mass is 10.0. The maximum Gasteiger partial charge on any atom is 0.127 e. The molecule has 0 spiro atoms. The fraction of sp³-hybridized carbons (Fsp3) is 0.647. The van der Waals surface area contributed by atoms with Crippen LogP contribution in [0.2, 0.25) is 0 Å². The van der Waals surface area contributed by atoms with Crippen LogP contribution in [0, 0.1) is 5.82 Å². The van der Waals surface area contributed by atoms with Gasteiger partial charge in [0, 0.05) is 31.3 Å². The second kappa shape index (κ2) is 9.87. The van der Waals surface area contributed by atoms with Gasteiger partial charge in [0.25, 0.3) is 0 Å². The molecule has 21 heavy (non-hydrogen) atoms. The predicted molar refractivity (Wildman–Crippen MR) is 86.0 cm³/mol. The average molecular weight is 296 g/mol. The molecule has 0 saturated carbocycles. The van der Waals surface area contributed by atoms with E-state index in [2.05, 4.69) is 31.1 Å². The molecule has 0 saturated heterocycles. The molecule has 1 aromatic carbocycles. The summed E-state index contributed by atoms with van der Waals surface area (Å²) in [5.41, 5.74) is 0.763. The number of ether oxygens (including phenoxy) is 1. The number of benzene rings is 1. The van der Waals surface area contributed by atoms with E-state index in [1.165, 1.54) is 6.07 Å². The number of nitrogens with zero attached hydrogens (tertiary/aromatic N) is 1. The molecule has 0 bridgehead atoms. The minimum Gasteiger partial charge on any atom is -0.383 e. The Bertz CT molecular complexity index is 400. The second-order valence-electron chi connectivity index (χ2n) is 5.60. The fourth-order valence-electron chi connectivity index (χ4n) is 2.37. The minimum absolute atomic E-state index is 0.0587. The van der Waals surface area contributed by atoms with Crippen LogP contribution in [0.1, 0.15) is 38.3 Å². The van der Waals surface area contributed by atoms with Gasteiger partial charge < -0.3 is 15.0 Å². The number of nitrogens with one attached hydrogen (secondary N) is 1. The Hall–Kier alpha value is -0.970. The predicted octanol–water partition coefficient (Wildman–Crippen LogP) is 3.22. The van der Waals surface area contributed by atoms with Gasteiger partial charge in [-0.05, 0) is 39.4 Å². The summed E-state index contributed by atoms with van der Waals surface area (Å²) in [7, 11) is 3.80. The largest absolute Gasteiger partial charge is 0.383 e. The van der Waals surface area contributed by atoms with E-state index >= 15 is 0 Å². The van der Waals surface area contributed by atoms with Gasteiger partial charge in [0.2, 0.25) is 0 Å². The highest BCUT2D eigenvalue weighted by Gasteiger charge is 2.17. The summed E-state index contributed by atoms with van der Waals surface area (Å²) in [5.74, 6) is -0.126. The molecule has 1 rings (SSSR count). The molecule has 2 unspecified atom stereocenters. The lowest BCUT2D eigenvalue weighted by molar-refractivity contribution is 0.113. The Morgan fingerprint density at radius 3 is 2.67 bits per heavy atom. The number of hydrogen-bond donors (Lipinski definition) is 1. The third kappa shape index (κ3) is 6.12. The Morgan fingerprint density at radius 2 is 2.05 bits per heavy atom. The lowest BCUT2D eigenvalue weighted by Gasteiger charge is -2.27. The second-order valence-corrected chi connectivity index (χ2v) is 5.60. The molecule has 3 nitrogen and oxygen atoms in total. The first-order valence-corrected chi connectivity index (χ1v) is 7.77. The highest BCUT2D eigenvalue weighted by Crippen LogP contribution is 2.20. The highest BCUT2D eigenvalue weighted by atomic mass is 19.1. The average Bonchev–Trinajstić information content (AvgIpc) is 2.48. The lowest BCUT2D eigenvalue weighted by Crippen LogP contribution is -2.35. The van der Waals surface area contributed by atoms with Crippen molar-refractivity contribution in [3.05, 3.63) is 35.6 Å². The van der Waals surface area contributed by atoms with E-state index < -0.39 is 0 Å². The van der Waals surface area contributed by atoms with Crippen LogP contribution < -0.4 is 5.32 Å². The van der Waals surface area contributed by atoms with Crippen molar-refractivity contribution in [2.45, 2.75) is 38.8 Å². The van der Waals surface area contributed by atoms with E-state index in [4.69, 9.17) is 4.74 Å². The van der Waals surface area contributed by atoms with Crippen LogP contribution in [0.5, 0.6) is 0 Å². The Morgan fingerprint density at radius 1 is 1.33 bits per heavy atom. The molecule has 4 heteroatoms. The van der Waals surface area contributed by atoms with Crippen LogP contribution in [-0.2, 0) is 4.74 Å². The molecule has 0 aromatic heterocycles. The first-order chi connectivity index (χ1) is 10.1. The monoisotopic (exact) mass is 296 g/mol. The molecule has 120 valence electrons. The van der Waals surface area contributed by atoms with E-state index in [9.17, 15) is 4.39 Å². The zero-order valence-corrected chi connectivity index (χ0v) is 13.7. The summed E-state index contributed by atoms with van der Waals surface area (Å²) in [6.45, 7) is 6.78. The smallest absolute Gasteiger partial charge is 0.127 e. The van der Waals surface area contributed by atoms with Crippen molar-refractivity contribution >= 4 is 0 Å². The number of likely N-dealkylation sites (N-methyl/N-ethyl adjacent to an activating group) is 1. The molecule has 0 aliphatic heterocycles. The SMILES string of the molecule is CCCNC(CCN(C)C(C)COC)c1ccccc1F. The molecule has 1 aromatic rings. The molecule has 2 atom stereocenters. The first-order valence-electron chi connectivity index (χ1n) is 7.77. The van der Waals surface area contributed by atoms with Crippen molar-refractivity contribution in [2.75, 3.05) is 33.9 Å². The van der Waals surface area contributed by atoms with E-state index in [1.54, 1.807) is 13.2 Å². The number of rotatable bonds is 10. The van der Waals surface area contributed by atoms with Gasteiger partial charge in [-0.1, -0.05) is 25.1 Å². The van der Waals surface area contributed by atoms with Crippen LogP contribution >= 0.6 is 0 Å². The van der Waals surface area contributed by atoms with Crippen LogP contribution in [0.15, 0.2) is 24.3 Å². The summed E-state index contributed by atoms with van der Waals surface area (Å²) >= 11 is 0. The quantitative estimate of drug-likeness (QED) is 0.717. The van der Waals surface area contributed by atoms with Gasteiger partial charge >= 0.3 is 0 Å². The summed E-state index contributed by atoms with van der Waals surface area (Å²) < 4.78 is 19.2. The van der Waals surface area contributed by atoms with E-state index in [-0.39, 0.29) is 11.9 Å². The fourth-order valence-corrected chi connectivity index (χ4v) is 2.37. The Balaban J connectivity index is 2.64. The third-order valence-electron chi connectivity index (χ3n) is 3.85. The molecule has 0 fully saturated rings. The Labute approximate surface area is 128 Å². The van der Waals surface area contributed by atoms with Gasteiger partial charge in [-0.15, -0.1) is 0 Å². The molecule has 0 amide bonds. The van der Waals surface area contributed by atoms with E-state index in [0.29, 0.717) is 12.6 Å². The zero-order valence-electron chi connectivity index (χ0n) is 13.7. The van der Waals surface area contributed by atoms with Crippen molar-refractivity contribution in [1.29, 1.82) is 0 Å². The molecule has 0 radical (unpaired) electrons. The van der Waals surface area contributed by atoms with Crippen LogP contribution in [-0.4, -0.2) is 44.8 Å². The summed E-state index contributed by atoms with van der Waals surface area (Å²) in [6.07, 6.45) is 1.92. The zero-order chi connectivity index (χ0) is 15.7. The molecule has 0 heterocycles. The van der Waals surface area contributed by atoms with E-state index in [1.807, 2.05) is 12.1 Å². The number of methoxy groups -OCH3 is 1. The third-order valence-corrected chi connectivity index (χ3v) is 3.85. The molecular weight excluding hydrogens is 267 g/mol. The molecule has 1 N–H and O–H groups in total. The van der Waals surface area contributed by atoms with Crippen LogP contribution in [0.25, 0.3) is 0 Å². The standard InChI is InChI=1S/C17H29FN2O/c1-5-11-19-17(15-8-6-7-9-16(15)18)10-12-20(3)14(2)13-21-4/h6-9,14,17,19H,5,10-13H2,1-4H3. The van der Waals surface area contributed by atoms with Gasteiger partial charge in [0.05, 0.1) is 6.61 Å². The van der Waals surface area contributed by atoms with Gasteiger partial charge in [-0.2, -0.15) is 0 Å². The molecule has 0 aliphatic rings. The van der Waals surface area contributed by atoms with Crippen LogP contribution in [0.4, 0.5) is 4.39 Å². The normalized spacial score (nSPS) is 14.4. The van der Waals surface area contributed by atoms with Crippen molar-refractivity contribution in [3.8, 4) is 0 Å². The van der Waals surface area contributed by atoms with E-state index in [0.717, 1.165) is 31.5 Å². The number of halogens is 1. The van der Waals surface area contributed by atoms with Crippen molar-refractivity contribution in [3.63, 3.8) is 0 Å².